The second kappa shape index (κ2) is 10.4. The third kappa shape index (κ3) is 5.51. The predicted molar refractivity (Wildman–Crippen MR) is 121 cm³/mol. The molecule has 6 heteroatoms. The first-order valence-corrected chi connectivity index (χ1v) is 11.7. The van der Waals surface area contributed by atoms with Gasteiger partial charge in [-0.15, -0.1) is 10.2 Å². The van der Waals surface area contributed by atoms with E-state index < -0.39 is 0 Å². The molecule has 1 aliphatic carbocycles. The van der Waals surface area contributed by atoms with Crippen molar-refractivity contribution in [3.8, 4) is 5.69 Å². The van der Waals surface area contributed by atoms with Crippen molar-refractivity contribution in [3.05, 3.63) is 72.1 Å². The number of hydrogen-bond acceptors (Lipinski definition) is 4. The van der Waals surface area contributed by atoms with E-state index >= 15 is 0 Å². The normalized spacial score (nSPS) is 14.5. The largest absolute Gasteiger partial charge is 0.355 e. The van der Waals surface area contributed by atoms with Crippen LogP contribution in [0.1, 0.15) is 43.5 Å². The molecule has 0 bridgehead atoms. The Labute approximate surface area is 182 Å². The average molecular weight is 421 g/mol. The van der Waals surface area contributed by atoms with Gasteiger partial charge in [-0.1, -0.05) is 79.6 Å². The van der Waals surface area contributed by atoms with Gasteiger partial charge < -0.3 is 5.32 Å². The van der Waals surface area contributed by atoms with Crippen LogP contribution < -0.4 is 5.32 Å². The minimum Gasteiger partial charge on any atom is -0.355 e. The number of para-hydroxylation sites is 1. The quantitative estimate of drug-likeness (QED) is 0.539. The van der Waals surface area contributed by atoms with Gasteiger partial charge in [-0.2, -0.15) is 0 Å². The fraction of sp³-hybridized carbons (Fsp3) is 0.375. The fourth-order valence-electron chi connectivity index (χ4n) is 3.95. The van der Waals surface area contributed by atoms with Gasteiger partial charge in [0.1, 0.15) is 5.82 Å². The minimum absolute atomic E-state index is 0.0674. The lowest BCUT2D eigenvalue weighted by molar-refractivity contribution is -0.118. The first-order chi connectivity index (χ1) is 14.8. The molecular weight excluding hydrogens is 392 g/mol. The molecule has 3 aromatic rings. The molecular formula is C24H28N4OS. The van der Waals surface area contributed by atoms with E-state index in [1.165, 1.54) is 49.4 Å². The van der Waals surface area contributed by atoms with Crippen LogP contribution in [0, 0.1) is 5.92 Å². The molecule has 1 amide bonds. The van der Waals surface area contributed by atoms with E-state index in [1.54, 1.807) is 0 Å². The third-order valence-corrected chi connectivity index (χ3v) is 6.49. The van der Waals surface area contributed by atoms with Gasteiger partial charge in [0.05, 0.1) is 5.75 Å². The second-order valence-electron chi connectivity index (χ2n) is 7.83. The molecule has 1 aliphatic rings. The monoisotopic (exact) mass is 420 g/mol. The summed E-state index contributed by atoms with van der Waals surface area (Å²) in [6, 6.07) is 20.4. The highest BCUT2D eigenvalue weighted by atomic mass is 32.2. The van der Waals surface area contributed by atoms with Crippen LogP contribution in [0.3, 0.4) is 0 Å². The molecule has 0 unspecified atom stereocenters. The maximum atomic E-state index is 12.4. The number of hydrogen-bond donors (Lipinski definition) is 1. The third-order valence-electron chi connectivity index (χ3n) is 5.56. The molecule has 0 atom stereocenters. The van der Waals surface area contributed by atoms with Crippen molar-refractivity contribution in [2.24, 2.45) is 5.92 Å². The van der Waals surface area contributed by atoms with Crippen molar-refractivity contribution < 1.29 is 4.79 Å². The molecule has 0 spiro atoms. The number of nitrogens with zero attached hydrogens (tertiary/aromatic N) is 3. The summed E-state index contributed by atoms with van der Waals surface area (Å²) in [6.07, 6.45) is 7.08. The molecule has 4 rings (SSSR count). The van der Waals surface area contributed by atoms with Gasteiger partial charge in [-0.05, 0) is 36.5 Å². The van der Waals surface area contributed by atoms with Gasteiger partial charge in [-0.25, -0.2) is 0 Å². The van der Waals surface area contributed by atoms with Crippen molar-refractivity contribution in [2.75, 3.05) is 12.3 Å². The van der Waals surface area contributed by atoms with Crippen LogP contribution in [-0.4, -0.2) is 33.0 Å². The number of rotatable bonds is 8. The number of benzene rings is 2. The van der Waals surface area contributed by atoms with E-state index in [4.69, 9.17) is 0 Å². The second-order valence-corrected chi connectivity index (χ2v) is 8.77. The topological polar surface area (TPSA) is 59.8 Å². The summed E-state index contributed by atoms with van der Waals surface area (Å²) in [5, 5.41) is 12.7. The maximum absolute atomic E-state index is 12.4. The van der Waals surface area contributed by atoms with Crippen LogP contribution in [0.4, 0.5) is 0 Å². The standard InChI is InChI=1S/C24H28N4OS/c29-23(25-17-20-12-6-2-7-13-20)18-30-24-27-26-22(16-19-10-4-1-5-11-19)28(24)21-14-8-3-9-15-21/h1,3-5,8-11,14-15,20H,2,6-7,12-13,16-18H2,(H,25,29). The molecule has 1 saturated carbocycles. The Hall–Kier alpha value is -2.60. The van der Waals surface area contributed by atoms with Crippen molar-refractivity contribution in [1.29, 1.82) is 0 Å². The minimum atomic E-state index is 0.0674. The summed E-state index contributed by atoms with van der Waals surface area (Å²) in [5.74, 6) is 1.93. The summed E-state index contributed by atoms with van der Waals surface area (Å²) in [6.45, 7) is 0.796. The predicted octanol–water partition coefficient (Wildman–Crippen LogP) is 4.65. The number of aromatic nitrogens is 3. The van der Waals surface area contributed by atoms with E-state index in [1.807, 2.05) is 48.5 Å². The molecule has 156 valence electrons. The van der Waals surface area contributed by atoms with Gasteiger partial charge in [0.25, 0.3) is 0 Å². The van der Waals surface area contributed by atoms with Gasteiger partial charge in [0.15, 0.2) is 5.16 Å². The summed E-state index contributed by atoms with van der Waals surface area (Å²) in [5.41, 5.74) is 2.20. The van der Waals surface area contributed by atoms with E-state index in [-0.39, 0.29) is 5.91 Å². The fourth-order valence-corrected chi connectivity index (χ4v) is 4.75. The number of carbonyl (C=O) groups is 1. The molecule has 0 aliphatic heterocycles. The number of carbonyl (C=O) groups excluding carboxylic acids is 1. The highest BCUT2D eigenvalue weighted by Crippen LogP contribution is 2.24. The Morgan fingerprint density at radius 3 is 2.40 bits per heavy atom. The average Bonchev–Trinajstić information content (AvgIpc) is 3.20. The summed E-state index contributed by atoms with van der Waals surface area (Å²) in [4.78, 5) is 12.4. The summed E-state index contributed by atoms with van der Waals surface area (Å²) < 4.78 is 2.06. The maximum Gasteiger partial charge on any atom is 0.230 e. The highest BCUT2D eigenvalue weighted by Gasteiger charge is 2.17. The zero-order chi connectivity index (χ0) is 20.6. The van der Waals surface area contributed by atoms with Crippen LogP contribution in [0.15, 0.2) is 65.8 Å². The first-order valence-electron chi connectivity index (χ1n) is 10.7. The summed E-state index contributed by atoms with van der Waals surface area (Å²) in [7, 11) is 0. The molecule has 1 N–H and O–H groups in total. The van der Waals surface area contributed by atoms with Crippen LogP contribution in [0.5, 0.6) is 0 Å². The molecule has 30 heavy (non-hydrogen) atoms. The van der Waals surface area contributed by atoms with Gasteiger partial charge >= 0.3 is 0 Å². The van der Waals surface area contributed by atoms with E-state index in [0.717, 1.165) is 23.2 Å². The van der Waals surface area contributed by atoms with Gasteiger partial charge in [0, 0.05) is 18.7 Å². The van der Waals surface area contributed by atoms with Crippen LogP contribution in [0.2, 0.25) is 0 Å². The molecule has 1 aromatic heterocycles. The van der Waals surface area contributed by atoms with E-state index in [9.17, 15) is 4.79 Å². The van der Waals surface area contributed by atoms with Gasteiger partial charge in [-0.3, -0.25) is 9.36 Å². The van der Waals surface area contributed by atoms with E-state index in [2.05, 4.69) is 32.2 Å². The Bertz CT molecular complexity index is 936. The number of nitrogens with one attached hydrogen (secondary N) is 1. The lowest BCUT2D eigenvalue weighted by Crippen LogP contribution is -2.31. The molecule has 1 fully saturated rings. The number of thioether (sulfide) groups is 1. The van der Waals surface area contributed by atoms with Crippen LogP contribution in [-0.2, 0) is 11.2 Å². The van der Waals surface area contributed by atoms with Crippen molar-refractivity contribution in [2.45, 2.75) is 43.7 Å². The molecule has 2 aromatic carbocycles. The SMILES string of the molecule is O=C(CSc1nnc(Cc2ccccc2)n1-c1ccccc1)NCC1CCCCC1. The number of amides is 1. The lowest BCUT2D eigenvalue weighted by Gasteiger charge is -2.21. The zero-order valence-electron chi connectivity index (χ0n) is 17.2. The summed E-state index contributed by atoms with van der Waals surface area (Å²) >= 11 is 1.45. The molecule has 0 radical (unpaired) electrons. The van der Waals surface area contributed by atoms with E-state index in [0.29, 0.717) is 18.1 Å². The highest BCUT2D eigenvalue weighted by molar-refractivity contribution is 7.99. The van der Waals surface area contributed by atoms with Crippen LogP contribution in [0.25, 0.3) is 5.69 Å². The smallest absolute Gasteiger partial charge is 0.230 e. The molecule has 1 heterocycles. The zero-order valence-corrected chi connectivity index (χ0v) is 18.0. The first kappa shape index (κ1) is 20.7. The Morgan fingerprint density at radius 2 is 1.67 bits per heavy atom. The lowest BCUT2D eigenvalue weighted by atomic mass is 9.89. The van der Waals surface area contributed by atoms with Crippen LogP contribution >= 0.6 is 11.8 Å². The van der Waals surface area contributed by atoms with Crippen molar-refractivity contribution in [1.82, 2.24) is 20.1 Å². The Kier molecular flexibility index (Phi) is 7.19. The molecule has 5 nitrogen and oxygen atoms in total. The molecule has 0 saturated heterocycles. The Morgan fingerprint density at radius 1 is 0.967 bits per heavy atom. The van der Waals surface area contributed by atoms with Gasteiger partial charge in [0.2, 0.25) is 5.91 Å². The van der Waals surface area contributed by atoms with Crippen molar-refractivity contribution in [3.63, 3.8) is 0 Å². The Balaban J connectivity index is 1.44. The van der Waals surface area contributed by atoms with Crippen molar-refractivity contribution >= 4 is 17.7 Å².